The fourth-order valence-electron chi connectivity index (χ4n) is 1.43. The number of hydrogen-bond donors (Lipinski definition) is 1. The lowest BCUT2D eigenvalue weighted by Gasteiger charge is -2.25. The van der Waals surface area contributed by atoms with E-state index in [-0.39, 0.29) is 5.92 Å². The van der Waals surface area contributed by atoms with Crippen LogP contribution in [0.5, 0.6) is 0 Å². The highest BCUT2D eigenvalue weighted by molar-refractivity contribution is 5.99. The quantitative estimate of drug-likeness (QED) is 0.598. The summed E-state index contributed by atoms with van der Waals surface area (Å²) >= 11 is 0. The number of Topliss-reactive ketones (excluding diaryl/α,β-unsaturated/α-hetero) is 1. The van der Waals surface area contributed by atoms with E-state index in [9.17, 15) is 18.0 Å². The van der Waals surface area contributed by atoms with E-state index in [1.54, 1.807) is 0 Å². The second-order valence-corrected chi connectivity index (χ2v) is 3.47. The Labute approximate surface area is 84.1 Å². The van der Waals surface area contributed by atoms with Gasteiger partial charge < -0.3 is 5.32 Å². The second kappa shape index (κ2) is 3.66. The van der Waals surface area contributed by atoms with Crippen molar-refractivity contribution in [1.82, 2.24) is 5.32 Å². The van der Waals surface area contributed by atoms with E-state index in [4.69, 9.17) is 0 Å². The summed E-state index contributed by atoms with van der Waals surface area (Å²) in [6, 6.07) is 1.16. The summed E-state index contributed by atoms with van der Waals surface area (Å²) in [5.41, 5.74) is -0.501. The standard InChI is InChI=1S/C10H8F3NO/c11-6-1-7(9(13)8(12)2-6)10(15)5-3-14-4-5/h1-2,5,14H,3-4H2. The molecule has 0 spiro atoms. The van der Waals surface area contributed by atoms with Crippen LogP contribution in [0.4, 0.5) is 13.2 Å². The Kier molecular flexibility index (Phi) is 2.48. The highest BCUT2D eigenvalue weighted by Crippen LogP contribution is 2.19. The van der Waals surface area contributed by atoms with Crippen LogP contribution in [-0.2, 0) is 0 Å². The van der Waals surface area contributed by atoms with Gasteiger partial charge in [-0.3, -0.25) is 4.79 Å². The van der Waals surface area contributed by atoms with Crippen LogP contribution in [0.15, 0.2) is 12.1 Å². The first-order valence-corrected chi connectivity index (χ1v) is 4.49. The van der Waals surface area contributed by atoms with Crippen molar-refractivity contribution < 1.29 is 18.0 Å². The average molecular weight is 215 g/mol. The van der Waals surface area contributed by atoms with Gasteiger partial charge in [0.2, 0.25) is 0 Å². The molecule has 0 amide bonds. The lowest BCUT2D eigenvalue weighted by molar-refractivity contribution is 0.0872. The summed E-state index contributed by atoms with van der Waals surface area (Å²) in [6.07, 6.45) is 0. The first kappa shape index (κ1) is 10.2. The smallest absolute Gasteiger partial charge is 0.171 e. The Balaban J connectivity index is 2.38. The van der Waals surface area contributed by atoms with Crippen molar-refractivity contribution in [3.05, 3.63) is 35.1 Å². The van der Waals surface area contributed by atoms with Gasteiger partial charge in [-0.15, -0.1) is 0 Å². The molecule has 0 aliphatic carbocycles. The normalized spacial score (nSPS) is 16.2. The molecule has 15 heavy (non-hydrogen) atoms. The Morgan fingerprint density at radius 1 is 1.27 bits per heavy atom. The molecule has 5 heteroatoms. The zero-order valence-corrected chi connectivity index (χ0v) is 7.69. The van der Waals surface area contributed by atoms with Gasteiger partial charge in [-0.25, -0.2) is 13.2 Å². The van der Waals surface area contributed by atoms with Crippen molar-refractivity contribution in [3.8, 4) is 0 Å². The largest absolute Gasteiger partial charge is 0.315 e. The zero-order chi connectivity index (χ0) is 11.0. The molecule has 0 saturated carbocycles. The highest BCUT2D eigenvalue weighted by atomic mass is 19.2. The average Bonchev–Trinajstić information content (AvgIpc) is 2.08. The van der Waals surface area contributed by atoms with Crippen molar-refractivity contribution in [2.24, 2.45) is 5.92 Å². The van der Waals surface area contributed by atoms with Crippen molar-refractivity contribution in [2.75, 3.05) is 13.1 Å². The van der Waals surface area contributed by atoms with Crippen molar-refractivity contribution in [1.29, 1.82) is 0 Å². The fraction of sp³-hybridized carbons (Fsp3) is 0.300. The molecular weight excluding hydrogens is 207 g/mol. The van der Waals surface area contributed by atoms with Gasteiger partial charge >= 0.3 is 0 Å². The van der Waals surface area contributed by atoms with Crippen LogP contribution < -0.4 is 5.32 Å². The summed E-state index contributed by atoms with van der Waals surface area (Å²) in [5, 5.41) is 2.83. The maximum Gasteiger partial charge on any atom is 0.171 e. The molecule has 0 atom stereocenters. The van der Waals surface area contributed by atoms with E-state index in [0.717, 1.165) is 6.07 Å². The molecule has 0 aromatic heterocycles. The maximum atomic E-state index is 13.2. The molecule has 2 rings (SSSR count). The molecule has 1 aromatic rings. The Morgan fingerprint density at radius 3 is 2.47 bits per heavy atom. The van der Waals surface area contributed by atoms with Crippen LogP contribution in [0, 0.1) is 23.4 Å². The monoisotopic (exact) mass is 215 g/mol. The van der Waals surface area contributed by atoms with Gasteiger partial charge in [0.15, 0.2) is 17.4 Å². The summed E-state index contributed by atoms with van der Waals surface area (Å²) in [4.78, 5) is 11.5. The van der Waals surface area contributed by atoms with Crippen LogP contribution in [0.25, 0.3) is 0 Å². The van der Waals surface area contributed by atoms with E-state index >= 15 is 0 Å². The molecule has 0 unspecified atom stereocenters. The Hall–Kier alpha value is -1.36. The van der Waals surface area contributed by atoms with Gasteiger partial charge in [0.25, 0.3) is 0 Å². The zero-order valence-electron chi connectivity index (χ0n) is 7.69. The number of hydrogen-bond acceptors (Lipinski definition) is 2. The SMILES string of the molecule is O=C(c1cc(F)cc(F)c1F)C1CNC1. The molecule has 1 heterocycles. The number of rotatable bonds is 2. The number of halogens is 3. The lowest BCUT2D eigenvalue weighted by Crippen LogP contribution is -2.46. The van der Waals surface area contributed by atoms with Gasteiger partial charge in [0.05, 0.1) is 5.56 Å². The minimum Gasteiger partial charge on any atom is -0.315 e. The van der Waals surface area contributed by atoms with E-state index in [2.05, 4.69) is 5.32 Å². The van der Waals surface area contributed by atoms with Crippen LogP contribution in [0.2, 0.25) is 0 Å². The minimum atomic E-state index is -1.33. The fourth-order valence-corrected chi connectivity index (χ4v) is 1.43. The van der Waals surface area contributed by atoms with Gasteiger partial charge in [0.1, 0.15) is 5.82 Å². The van der Waals surface area contributed by atoms with E-state index in [1.807, 2.05) is 0 Å². The molecule has 1 saturated heterocycles. The molecule has 1 N–H and O–H groups in total. The van der Waals surface area contributed by atoms with Gasteiger partial charge in [-0.05, 0) is 6.07 Å². The molecular formula is C10H8F3NO. The van der Waals surface area contributed by atoms with Crippen molar-refractivity contribution >= 4 is 5.78 Å². The number of carbonyl (C=O) groups is 1. The Morgan fingerprint density at radius 2 is 1.93 bits per heavy atom. The number of carbonyl (C=O) groups excluding carboxylic acids is 1. The minimum absolute atomic E-state index is 0.374. The molecule has 1 aliphatic rings. The molecule has 0 bridgehead atoms. The van der Waals surface area contributed by atoms with E-state index < -0.39 is 28.8 Å². The van der Waals surface area contributed by atoms with Gasteiger partial charge in [0, 0.05) is 25.1 Å². The summed E-state index contributed by atoms with van der Waals surface area (Å²) in [7, 11) is 0. The van der Waals surface area contributed by atoms with Crippen molar-refractivity contribution in [3.63, 3.8) is 0 Å². The lowest BCUT2D eigenvalue weighted by atomic mass is 9.92. The number of ketones is 1. The van der Waals surface area contributed by atoms with Gasteiger partial charge in [-0.1, -0.05) is 0 Å². The molecule has 0 radical (unpaired) electrons. The predicted octanol–water partition coefficient (Wildman–Crippen LogP) is 1.51. The van der Waals surface area contributed by atoms with Crippen LogP contribution in [0.1, 0.15) is 10.4 Å². The van der Waals surface area contributed by atoms with E-state index in [1.165, 1.54) is 0 Å². The summed E-state index contributed by atoms with van der Waals surface area (Å²) in [6.45, 7) is 0.854. The predicted molar refractivity (Wildman–Crippen MR) is 47.0 cm³/mol. The number of benzene rings is 1. The molecule has 1 aromatic carbocycles. The van der Waals surface area contributed by atoms with E-state index in [0.29, 0.717) is 19.2 Å². The first-order chi connectivity index (χ1) is 7.09. The second-order valence-electron chi connectivity index (χ2n) is 3.47. The third kappa shape index (κ3) is 1.74. The first-order valence-electron chi connectivity index (χ1n) is 4.49. The summed E-state index contributed by atoms with van der Waals surface area (Å²) in [5.74, 6) is -4.46. The molecule has 2 nitrogen and oxygen atoms in total. The third-order valence-corrected chi connectivity index (χ3v) is 2.41. The number of nitrogens with one attached hydrogen (secondary N) is 1. The topological polar surface area (TPSA) is 29.1 Å². The molecule has 1 aliphatic heterocycles. The summed E-state index contributed by atoms with van der Waals surface area (Å²) < 4.78 is 38.8. The van der Waals surface area contributed by atoms with Crippen LogP contribution in [-0.4, -0.2) is 18.9 Å². The molecule has 80 valence electrons. The maximum absolute atomic E-state index is 13.2. The van der Waals surface area contributed by atoms with Crippen LogP contribution in [0.3, 0.4) is 0 Å². The van der Waals surface area contributed by atoms with Crippen molar-refractivity contribution in [2.45, 2.75) is 0 Å². The molecule has 1 fully saturated rings. The van der Waals surface area contributed by atoms with Gasteiger partial charge in [-0.2, -0.15) is 0 Å². The third-order valence-electron chi connectivity index (χ3n) is 2.41. The highest BCUT2D eigenvalue weighted by Gasteiger charge is 2.29. The Bertz CT molecular complexity index is 415. The van der Waals surface area contributed by atoms with Crippen LogP contribution >= 0.6 is 0 Å².